The number of halogens is 2. The first-order valence-electron chi connectivity index (χ1n) is 13.4. The van der Waals surface area contributed by atoms with Crippen LogP contribution in [0.1, 0.15) is 49.4 Å². The lowest BCUT2D eigenvalue weighted by molar-refractivity contribution is -0.140. The third-order valence-corrected chi connectivity index (χ3v) is 9.05. The minimum Gasteiger partial charge on any atom is -0.352 e. The maximum Gasteiger partial charge on any atom is 0.264 e. The summed E-state index contributed by atoms with van der Waals surface area (Å²) in [5.41, 5.74) is 3.42. The summed E-state index contributed by atoms with van der Waals surface area (Å²) in [5.74, 6) is -0.876. The van der Waals surface area contributed by atoms with Crippen LogP contribution in [0.2, 0.25) is 10.0 Å². The molecule has 0 heterocycles. The molecule has 0 saturated heterocycles. The van der Waals surface area contributed by atoms with Crippen molar-refractivity contribution in [3.05, 3.63) is 93.0 Å². The van der Waals surface area contributed by atoms with Crippen molar-refractivity contribution in [2.75, 3.05) is 10.8 Å². The van der Waals surface area contributed by atoms with Gasteiger partial charge in [-0.3, -0.25) is 13.9 Å². The maximum atomic E-state index is 14.2. The SMILES string of the molecule is CC[C@@H](C(=O)NC(C)C)N(Cc1ccc(Cl)cc1Cl)C(=O)CN(c1cc(C)ccc1C)S(=O)(=O)c1ccc(C)cc1. The second-order valence-corrected chi connectivity index (χ2v) is 13.2. The van der Waals surface area contributed by atoms with Crippen LogP contribution in [0.4, 0.5) is 5.69 Å². The first-order chi connectivity index (χ1) is 19.2. The summed E-state index contributed by atoms with van der Waals surface area (Å²) in [5, 5.41) is 3.66. The van der Waals surface area contributed by atoms with Crippen LogP contribution in [-0.2, 0) is 26.2 Å². The lowest BCUT2D eigenvalue weighted by Gasteiger charge is -2.34. The molecular weight excluding hydrogens is 581 g/mol. The predicted octanol–water partition coefficient (Wildman–Crippen LogP) is 6.45. The number of rotatable bonds is 11. The molecule has 0 aliphatic rings. The minimum absolute atomic E-state index is 0.00984. The highest BCUT2D eigenvalue weighted by molar-refractivity contribution is 7.92. The van der Waals surface area contributed by atoms with Gasteiger partial charge in [-0.05, 0) is 88.1 Å². The summed E-state index contributed by atoms with van der Waals surface area (Å²) in [6.07, 6.45) is 0.309. The Hall–Kier alpha value is -3.07. The molecule has 10 heteroatoms. The number of carbonyl (C=O) groups is 2. The van der Waals surface area contributed by atoms with Crippen molar-refractivity contribution in [3.8, 4) is 0 Å². The van der Waals surface area contributed by atoms with Gasteiger partial charge in [0.2, 0.25) is 11.8 Å². The molecular formula is C31H37Cl2N3O4S. The molecule has 2 amide bonds. The van der Waals surface area contributed by atoms with Crippen LogP contribution < -0.4 is 9.62 Å². The van der Waals surface area contributed by atoms with Crippen molar-refractivity contribution in [2.24, 2.45) is 0 Å². The zero-order chi connectivity index (χ0) is 30.5. The quantitative estimate of drug-likeness (QED) is 0.268. The molecule has 220 valence electrons. The molecule has 0 spiro atoms. The molecule has 0 radical (unpaired) electrons. The van der Waals surface area contributed by atoms with E-state index in [4.69, 9.17) is 23.2 Å². The molecule has 0 saturated carbocycles. The van der Waals surface area contributed by atoms with E-state index in [1.165, 1.54) is 17.0 Å². The van der Waals surface area contributed by atoms with Crippen molar-refractivity contribution in [3.63, 3.8) is 0 Å². The Balaban J connectivity index is 2.13. The second kappa shape index (κ2) is 13.7. The van der Waals surface area contributed by atoms with E-state index in [-0.39, 0.29) is 23.4 Å². The molecule has 0 unspecified atom stereocenters. The molecule has 1 N–H and O–H groups in total. The van der Waals surface area contributed by atoms with Crippen LogP contribution in [-0.4, -0.2) is 43.8 Å². The zero-order valence-corrected chi connectivity index (χ0v) is 26.6. The fourth-order valence-corrected chi connectivity index (χ4v) is 6.41. The number of nitrogens with zero attached hydrogens (tertiary/aromatic N) is 2. The molecule has 3 aromatic rings. The Labute approximate surface area is 253 Å². The smallest absolute Gasteiger partial charge is 0.264 e. The first-order valence-corrected chi connectivity index (χ1v) is 15.6. The third-order valence-electron chi connectivity index (χ3n) is 6.69. The van der Waals surface area contributed by atoms with E-state index < -0.39 is 28.5 Å². The fraction of sp³-hybridized carbons (Fsp3) is 0.355. The molecule has 0 aromatic heterocycles. The summed E-state index contributed by atoms with van der Waals surface area (Å²) < 4.78 is 29.3. The number of aryl methyl sites for hydroxylation is 3. The lowest BCUT2D eigenvalue weighted by Crippen LogP contribution is -2.53. The van der Waals surface area contributed by atoms with Gasteiger partial charge in [0.1, 0.15) is 12.6 Å². The van der Waals surface area contributed by atoms with Gasteiger partial charge in [-0.2, -0.15) is 0 Å². The summed E-state index contributed by atoms with van der Waals surface area (Å²) in [6.45, 7) is 10.5. The molecule has 0 aliphatic carbocycles. The van der Waals surface area contributed by atoms with Crippen molar-refractivity contribution in [1.29, 1.82) is 0 Å². The van der Waals surface area contributed by atoms with Gasteiger partial charge in [-0.25, -0.2) is 8.42 Å². The van der Waals surface area contributed by atoms with Gasteiger partial charge in [0.25, 0.3) is 10.0 Å². The highest BCUT2D eigenvalue weighted by Gasteiger charge is 2.34. The van der Waals surface area contributed by atoms with Crippen LogP contribution in [0.5, 0.6) is 0 Å². The van der Waals surface area contributed by atoms with Crippen LogP contribution in [0.25, 0.3) is 0 Å². The summed E-state index contributed by atoms with van der Waals surface area (Å²) in [6, 6.07) is 15.9. The predicted molar refractivity (Wildman–Crippen MR) is 166 cm³/mol. The molecule has 3 rings (SSSR count). The van der Waals surface area contributed by atoms with E-state index in [1.807, 2.05) is 39.8 Å². The lowest BCUT2D eigenvalue weighted by atomic mass is 10.1. The molecule has 0 fully saturated rings. The van der Waals surface area contributed by atoms with E-state index in [2.05, 4.69) is 5.32 Å². The number of benzene rings is 3. The van der Waals surface area contributed by atoms with Gasteiger partial charge in [-0.15, -0.1) is 0 Å². The van der Waals surface area contributed by atoms with E-state index in [0.717, 1.165) is 15.4 Å². The van der Waals surface area contributed by atoms with Crippen LogP contribution >= 0.6 is 23.2 Å². The van der Waals surface area contributed by atoms with Crippen LogP contribution in [0, 0.1) is 20.8 Å². The fourth-order valence-electron chi connectivity index (χ4n) is 4.47. The molecule has 3 aromatic carbocycles. The first kappa shape index (κ1) is 32.4. The Bertz CT molecular complexity index is 1510. The number of anilines is 1. The van der Waals surface area contributed by atoms with Gasteiger partial charge >= 0.3 is 0 Å². The average molecular weight is 619 g/mol. The van der Waals surface area contributed by atoms with Gasteiger partial charge in [0.15, 0.2) is 0 Å². The van der Waals surface area contributed by atoms with Crippen molar-refractivity contribution >= 4 is 50.7 Å². The molecule has 0 bridgehead atoms. The van der Waals surface area contributed by atoms with E-state index >= 15 is 0 Å². The highest BCUT2D eigenvalue weighted by Crippen LogP contribution is 2.29. The van der Waals surface area contributed by atoms with Gasteiger partial charge in [0.05, 0.1) is 10.6 Å². The number of hydrogen-bond acceptors (Lipinski definition) is 4. The standard InChI is InChI=1S/C31H37Cl2N3O4S/c1-7-28(31(38)34-20(2)3)35(18-24-12-13-25(32)17-27(24)33)30(37)19-36(29-16-22(5)8-11-23(29)6)41(39,40)26-14-9-21(4)10-15-26/h8-17,20,28H,7,18-19H2,1-6H3,(H,34,38)/t28-/m0/s1. The normalized spacial score (nSPS) is 12.2. The van der Waals surface area contributed by atoms with Crippen molar-refractivity contribution in [1.82, 2.24) is 10.2 Å². The van der Waals surface area contributed by atoms with Crippen molar-refractivity contribution in [2.45, 2.75) is 71.5 Å². The average Bonchev–Trinajstić information content (AvgIpc) is 2.89. The second-order valence-electron chi connectivity index (χ2n) is 10.5. The van der Waals surface area contributed by atoms with Gasteiger partial charge in [-0.1, -0.05) is 66.0 Å². The molecule has 41 heavy (non-hydrogen) atoms. The minimum atomic E-state index is -4.16. The van der Waals surface area contributed by atoms with E-state index in [0.29, 0.717) is 33.3 Å². The number of amides is 2. The summed E-state index contributed by atoms with van der Waals surface area (Å²) >= 11 is 12.6. The molecule has 7 nitrogen and oxygen atoms in total. The summed E-state index contributed by atoms with van der Waals surface area (Å²) in [4.78, 5) is 28.9. The number of carbonyl (C=O) groups excluding carboxylic acids is 2. The Kier molecular flexibility index (Phi) is 10.9. The van der Waals surface area contributed by atoms with Crippen molar-refractivity contribution < 1.29 is 18.0 Å². The summed E-state index contributed by atoms with van der Waals surface area (Å²) in [7, 11) is -4.16. The highest BCUT2D eigenvalue weighted by atomic mass is 35.5. The Morgan fingerprint density at radius 1 is 0.902 bits per heavy atom. The van der Waals surface area contributed by atoms with E-state index in [1.54, 1.807) is 50.2 Å². The number of nitrogens with one attached hydrogen (secondary N) is 1. The topological polar surface area (TPSA) is 86.8 Å². The number of hydrogen-bond donors (Lipinski definition) is 1. The largest absolute Gasteiger partial charge is 0.352 e. The Morgan fingerprint density at radius 2 is 1.54 bits per heavy atom. The van der Waals surface area contributed by atoms with Gasteiger partial charge in [0, 0.05) is 22.6 Å². The van der Waals surface area contributed by atoms with Gasteiger partial charge < -0.3 is 10.2 Å². The zero-order valence-electron chi connectivity index (χ0n) is 24.2. The third kappa shape index (κ3) is 8.03. The molecule has 1 atom stereocenters. The van der Waals surface area contributed by atoms with E-state index in [9.17, 15) is 18.0 Å². The number of sulfonamides is 1. The molecule has 0 aliphatic heterocycles. The monoisotopic (exact) mass is 617 g/mol. The Morgan fingerprint density at radius 3 is 2.12 bits per heavy atom. The maximum absolute atomic E-state index is 14.2. The van der Waals surface area contributed by atoms with Crippen LogP contribution in [0.15, 0.2) is 65.6 Å². The van der Waals surface area contributed by atoms with Crippen LogP contribution in [0.3, 0.4) is 0 Å².